The highest BCUT2D eigenvalue weighted by atomic mass is 32.1. The van der Waals surface area contributed by atoms with Crippen molar-refractivity contribution in [3.05, 3.63) is 65.2 Å². The summed E-state index contributed by atoms with van der Waals surface area (Å²) < 4.78 is 4.63. The summed E-state index contributed by atoms with van der Waals surface area (Å²) in [6.07, 6.45) is 1.88. The zero-order valence-electron chi connectivity index (χ0n) is 16.3. The van der Waals surface area contributed by atoms with E-state index in [2.05, 4.69) is 20.7 Å². The van der Waals surface area contributed by atoms with Crippen LogP contribution in [0.1, 0.15) is 50.8 Å². The van der Waals surface area contributed by atoms with E-state index >= 15 is 0 Å². The largest absolute Gasteiger partial charge is 0.465 e. The van der Waals surface area contributed by atoms with Gasteiger partial charge in [-0.25, -0.2) is 4.79 Å². The van der Waals surface area contributed by atoms with Gasteiger partial charge in [0.25, 0.3) is 11.8 Å². The Kier molecular flexibility index (Phi) is 8.29. The van der Waals surface area contributed by atoms with Crippen LogP contribution < -0.4 is 16.0 Å². The number of anilines is 1. The van der Waals surface area contributed by atoms with Gasteiger partial charge in [0.15, 0.2) is 5.11 Å². The van der Waals surface area contributed by atoms with Gasteiger partial charge >= 0.3 is 5.97 Å². The van der Waals surface area contributed by atoms with E-state index in [-0.39, 0.29) is 11.0 Å². The summed E-state index contributed by atoms with van der Waals surface area (Å²) >= 11 is 5.20. The second kappa shape index (κ2) is 10.9. The zero-order valence-corrected chi connectivity index (χ0v) is 17.1. The number of ether oxygens (including phenoxy) is 1. The molecule has 0 fully saturated rings. The summed E-state index contributed by atoms with van der Waals surface area (Å²) in [6.45, 7) is 2.64. The van der Waals surface area contributed by atoms with E-state index < -0.39 is 11.9 Å². The molecule has 0 radical (unpaired) electrons. The van der Waals surface area contributed by atoms with Gasteiger partial charge in [-0.3, -0.25) is 14.9 Å². The molecule has 0 aliphatic carbocycles. The van der Waals surface area contributed by atoms with Crippen molar-refractivity contribution in [1.29, 1.82) is 0 Å². The van der Waals surface area contributed by atoms with Gasteiger partial charge in [-0.05, 0) is 55.0 Å². The van der Waals surface area contributed by atoms with Crippen LogP contribution in [-0.4, -0.2) is 36.6 Å². The van der Waals surface area contributed by atoms with Gasteiger partial charge < -0.3 is 15.4 Å². The summed E-state index contributed by atoms with van der Waals surface area (Å²) in [4.78, 5) is 36.2. The van der Waals surface area contributed by atoms with Gasteiger partial charge in [0.2, 0.25) is 0 Å². The smallest absolute Gasteiger partial charge is 0.337 e. The molecular weight excluding hydrogens is 390 g/mol. The summed E-state index contributed by atoms with van der Waals surface area (Å²) in [5, 5.41) is 8.35. The maximum atomic E-state index is 12.4. The second-order valence-corrected chi connectivity index (χ2v) is 6.54. The SMILES string of the molecule is CCCCNC(=O)c1ccccc1NC(=S)NC(=O)c1ccc(C(=O)OC)cc1. The number of benzene rings is 2. The molecule has 29 heavy (non-hydrogen) atoms. The van der Waals surface area contributed by atoms with Crippen molar-refractivity contribution >= 4 is 40.8 Å². The number of nitrogens with one attached hydrogen (secondary N) is 3. The lowest BCUT2D eigenvalue weighted by Gasteiger charge is -2.13. The average molecular weight is 413 g/mol. The second-order valence-electron chi connectivity index (χ2n) is 6.13. The number of carbonyl (C=O) groups is 3. The molecule has 0 spiro atoms. The summed E-state index contributed by atoms with van der Waals surface area (Å²) in [5.74, 6) is -1.14. The molecule has 3 N–H and O–H groups in total. The minimum atomic E-state index is -0.483. The first-order valence-electron chi connectivity index (χ1n) is 9.14. The molecule has 0 bridgehead atoms. The van der Waals surface area contributed by atoms with Crippen LogP contribution in [0.25, 0.3) is 0 Å². The normalized spacial score (nSPS) is 10.0. The van der Waals surface area contributed by atoms with Crippen molar-refractivity contribution in [2.24, 2.45) is 0 Å². The maximum absolute atomic E-state index is 12.4. The number of amides is 2. The number of thiocarbonyl (C=S) groups is 1. The van der Waals surface area contributed by atoms with Crippen LogP contribution in [0.5, 0.6) is 0 Å². The van der Waals surface area contributed by atoms with Gasteiger partial charge in [-0.1, -0.05) is 25.5 Å². The highest BCUT2D eigenvalue weighted by molar-refractivity contribution is 7.80. The Balaban J connectivity index is 2.01. The van der Waals surface area contributed by atoms with E-state index in [1.807, 2.05) is 6.92 Å². The standard InChI is InChI=1S/C21H23N3O4S/c1-3-4-13-22-19(26)16-7-5-6-8-17(16)23-21(29)24-18(25)14-9-11-15(12-10-14)20(27)28-2/h5-12H,3-4,13H2,1-2H3,(H,22,26)(H2,23,24,25,29). The predicted octanol–water partition coefficient (Wildman–Crippen LogP) is 3.13. The van der Waals surface area contributed by atoms with Crippen LogP contribution in [0.15, 0.2) is 48.5 Å². The highest BCUT2D eigenvalue weighted by Gasteiger charge is 2.14. The van der Waals surface area contributed by atoms with Crippen LogP contribution in [0.4, 0.5) is 5.69 Å². The summed E-state index contributed by atoms with van der Waals surface area (Å²) in [6, 6.07) is 12.9. The van der Waals surface area contributed by atoms with Crippen molar-refractivity contribution in [1.82, 2.24) is 10.6 Å². The first-order valence-corrected chi connectivity index (χ1v) is 9.55. The molecule has 0 saturated heterocycles. The third-order valence-corrected chi connectivity index (χ3v) is 4.24. The van der Waals surface area contributed by atoms with Crippen LogP contribution >= 0.6 is 12.2 Å². The molecule has 152 valence electrons. The molecule has 2 rings (SSSR count). The van der Waals surface area contributed by atoms with Crippen molar-refractivity contribution in [2.45, 2.75) is 19.8 Å². The van der Waals surface area contributed by atoms with Crippen molar-refractivity contribution in [3.8, 4) is 0 Å². The fraction of sp³-hybridized carbons (Fsp3) is 0.238. The van der Waals surface area contributed by atoms with E-state index in [4.69, 9.17) is 12.2 Å². The molecule has 0 aliphatic rings. The Bertz CT molecular complexity index is 897. The number of carbonyl (C=O) groups excluding carboxylic acids is 3. The molecule has 0 atom stereocenters. The van der Waals surface area contributed by atoms with E-state index in [0.29, 0.717) is 28.9 Å². The van der Waals surface area contributed by atoms with Crippen molar-refractivity contribution in [2.75, 3.05) is 19.0 Å². The quantitative estimate of drug-likeness (QED) is 0.367. The molecule has 0 unspecified atom stereocenters. The summed E-state index contributed by atoms with van der Waals surface area (Å²) in [7, 11) is 1.29. The predicted molar refractivity (Wildman–Crippen MR) is 115 cm³/mol. The van der Waals surface area contributed by atoms with E-state index in [1.165, 1.54) is 31.4 Å². The first kappa shape index (κ1) is 22.0. The minimum absolute atomic E-state index is 0.0563. The first-order chi connectivity index (χ1) is 14.0. The van der Waals surface area contributed by atoms with Crippen LogP contribution in [0, 0.1) is 0 Å². The highest BCUT2D eigenvalue weighted by Crippen LogP contribution is 2.15. The Morgan fingerprint density at radius 3 is 2.28 bits per heavy atom. The molecule has 0 aromatic heterocycles. The lowest BCUT2D eigenvalue weighted by Crippen LogP contribution is -2.35. The number of unbranched alkanes of at least 4 members (excludes halogenated alkanes) is 1. The van der Waals surface area contributed by atoms with Crippen LogP contribution in [0.2, 0.25) is 0 Å². The van der Waals surface area contributed by atoms with Gasteiger partial charge in [0, 0.05) is 12.1 Å². The van der Waals surface area contributed by atoms with Crippen molar-refractivity contribution in [3.63, 3.8) is 0 Å². The third-order valence-electron chi connectivity index (χ3n) is 4.03. The van der Waals surface area contributed by atoms with E-state index in [9.17, 15) is 14.4 Å². The van der Waals surface area contributed by atoms with Crippen LogP contribution in [0.3, 0.4) is 0 Å². The number of methoxy groups -OCH3 is 1. The minimum Gasteiger partial charge on any atom is -0.465 e. The number of esters is 1. The monoisotopic (exact) mass is 413 g/mol. The fourth-order valence-corrected chi connectivity index (χ4v) is 2.67. The van der Waals surface area contributed by atoms with Crippen LogP contribution in [-0.2, 0) is 4.74 Å². The molecule has 0 heterocycles. The molecule has 0 saturated carbocycles. The Labute approximate surface area is 174 Å². The fourth-order valence-electron chi connectivity index (χ4n) is 2.47. The molecular formula is C21H23N3O4S. The Morgan fingerprint density at radius 2 is 1.62 bits per heavy atom. The number of rotatable bonds is 7. The molecule has 7 nitrogen and oxygen atoms in total. The maximum Gasteiger partial charge on any atom is 0.337 e. The Morgan fingerprint density at radius 1 is 0.966 bits per heavy atom. The van der Waals surface area contributed by atoms with Gasteiger partial charge in [0.1, 0.15) is 0 Å². The van der Waals surface area contributed by atoms with Gasteiger partial charge in [-0.2, -0.15) is 0 Å². The lowest BCUT2D eigenvalue weighted by atomic mass is 10.1. The summed E-state index contributed by atoms with van der Waals surface area (Å²) in [5.41, 5.74) is 1.59. The van der Waals surface area contributed by atoms with Gasteiger partial charge in [-0.15, -0.1) is 0 Å². The molecule has 2 amide bonds. The van der Waals surface area contributed by atoms with Crippen molar-refractivity contribution < 1.29 is 19.1 Å². The lowest BCUT2D eigenvalue weighted by molar-refractivity contribution is 0.0600. The number of para-hydroxylation sites is 1. The molecule has 2 aromatic carbocycles. The zero-order chi connectivity index (χ0) is 21.2. The molecule has 2 aromatic rings. The molecule has 0 aliphatic heterocycles. The van der Waals surface area contributed by atoms with E-state index in [1.54, 1.807) is 24.3 Å². The number of hydrogen-bond donors (Lipinski definition) is 3. The average Bonchev–Trinajstić information content (AvgIpc) is 2.73. The third kappa shape index (κ3) is 6.39. The Hall–Kier alpha value is -3.26. The topological polar surface area (TPSA) is 96.5 Å². The number of hydrogen-bond acceptors (Lipinski definition) is 5. The van der Waals surface area contributed by atoms with Gasteiger partial charge in [0.05, 0.1) is 23.9 Å². The van der Waals surface area contributed by atoms with E-state index in [0.717, 1.165) is 12.8 Å². The molecule has 8 heteroatoms.